The number of nitrogens with one attached hydrogen (secondary N) is 1. The van der Waals surface area contributed by atoms with E-state index in [0.717, 1.165) is 66.8 Å². The van der Waals surface area contributed by atoms with E-state index in [1.165, 1.54) is 11.3 Å². The number of benzene rings is 2. The third-order valence-corrected chi connectivity index (χ3v) is 8.09. The number of aromatic nitrogens is 2. The van der Waals surface area contributed by atoms with Crippen molar-refractivity contribution in [2.45, 2.75) is 6.10 Å². The molecule has 1 N–H and O–H groups in total. The summed E-state index contributed by atoms with van der Waals surface area (Å²) >= 11 is 7.47. The van der Waals surface area contributed by atoms with Crippen LogP contribution in [0.15, 0.2) is 59.7 Å². The first-order valence-corrected chi connectivity index (χ1v) is 13.0. The van der Waals surface area contributed by atoms with Crippen LogP contribution in [0.3, 0.4) is 0 Å². The van der Waals surface area contributed by atoms with Crippen molar-refractivity contribution >= 4 is 38.8 Å². The van der Waals surface area contributed by atoms with E-state index in [9.17, 15) is 4.79 Å². The van der Waals surface area contributed by atoms with Gasteiger partial charge in [-0.2, -0.15) is 0 Å². The Hall–Kier alpha value is -2.91. The third-order valence-electron chi connectivity index (χ3n) is 6.68. The normalized spacial score (nSPS) is 18.7. The second kappa shape index (κ2) is 9.28. The Morgan fingerprint density at radius 3 is 2.71 bits per heavy atom. The number of rotatable bonds is 4. The quantitative estimate of drug-likeness (QED) is 0.447. The van der Waals surface area contributed by atoms with Gasteiger partial charge < -0.3 is 15.0 Å². The van der Waals surface area contributed by atoms with Gasteiger partial charge in [-0.3, -0.25) is 14.3 Å². The van der Waals surface area contributed by atoms with Crippen LogP contribution in [0.5, 0.6) is 5.75 Å². The highest BCUT2D eigenvalue weighted by Crippen LogP contribution is 2.33. The molecule has 2 aliphatic rings. The lowest BCUT2D eigenvalue weighted by Crippen LogP contribution is -2.49. The number of likely N-dealkylation sites (N-methyl/N-ethyl adjacent to an activating group) is 1. The maximum absolute atomic E-state index is 13.3. The fourth-order valence-electron chi connectivity index (χ4n) is 4.63. The molecule has 1 saturated heterocycles. The van der Waals surface area contributed by atoms with Gasteiger partial charge in [-0.15, -0.1) is 11.3 Å². The molecule has 0 radical (unpaired) electrons. The van der Waals surface area contributed by atoms with Crippen molar-refractivity contribution in [2.75, 3.05) is 51.6 Å². The smallest absolute Gasteiger partial charge is 0.275 e. The third kappa shape index (κ3) is 4.54. The summed E-state index contributed by atoms with van der Waals surface area (Å²) in [5.41, 5.74) is 3.30. The van der Waals surface area contributed by atoms with Crippen molar-refractivity contribution in [3.05, 3.63) is 70.2 Å². The largest absolute Gasteiger partial charge is 0.485 e. The Labute approximate surface area is 212 Å². The molecule has 7 nitrogen and oxygen atoms in total. The Balaban J connectivity index is 1.23. The minimum atomic E-state index is -0.0789. The molecule has 0 spiro atoms. The number of fused-ring (bicyclic) bond motifs is 2. The Bertz CT molecular complexity index is 1430. The molecular weight excluding hydrogens is 482 g/mol. The second-order valence-corrected chi connectivity index (χ2v) is 10.6. The molecule has 2 aromatic carbocycles. The van der Waals surface area contributed by atoms with E-state index in [4.69, 9.17) is 16.3 Å². The number of anilines is 1. The van der Waals surface area contributed by atoms with Crippen LogP contribution < -0.4 is 15.6 Å². The predicted octanol–water partition coefficient (Wildman–Crippen LogP) is 4.19. The number of halogens is 1. The highest BCUT2D eigenvalue weighted by molar-refractivity contribution is 7.22. The average molecular weight is 508 g/mol. The second-order valence-electron chi connectivity index (χ2n) is 9.16. The van der Waals surface area contributed by atoms with Crippen molar-refractivity contribution in [1.82, 2.24) is 19.4 Å². The lowest BCUT2D eigenvalue weighted by atomic mass is 10.2. The van der Waals surface area contributed by atoms with Gasteiger partial charge in [0, 0.05) is 42.6 Å². The van der Waals surface area contributed by atoms with Crippen molar-refractivity contribution in [3.8, 4) is 21.9 Å². The van der Waals surface area contributed by atoms with Crippen LogP contribution in [0.4, 0.5) is 5.69 Å². The average Bonchev–Trinajstić information content (AvgIpc) is 3.31. The van der Waals surface area contributed by atoms with Crippen LogP contribution in [0, 0.1) is 0 Å². The molecule has 0 bridgehead atoms. The van der Waals surface area contributed by atoms with Crippen molar-refractivity contribution in [2.24, 2.45) is 0 Å². The van der Waals surface area contributed by atoms with Gasteiger partial charge in [0.15, 0.2) is 0 Å². The molecule has 1 atom stereocenters. The van der Waals surface area contributed by atoms with E-state index >= 15 is 0 Å². The molecule has 2 aromatic heterocycles. The summed E-state index contributed by atoms with van der Waals surface area (Å²) < 4.78 is 8.52. The summed E-state index contributed by atoms with van der Waals surface area (Å²) in [5, 5.41) is 4.19. The van der Waals surface area contributed by atoms with Crippen LogP contribution in [-0.2, 0) is 0 Å². The number of thiophene rings is 1. The number of ether oxygens (including phenoxy) is 1. The van der Waals surface area contributed by atoms with Crippen LogP contribution in [-0.4, -0.2) is 71.8 Å². The minimum absolute atomic E-state index is 0.0789. The zero-order valence-corrected chi connectivity index (χ0v) is 21.0. The van der Waals surface area contributed by atoms with Crippen LogP contribution in [0.1, 0.15) is 0 Å². The minimum Gasteiger partial charge on any atom is -0.485 e. The molecule has 35 heavy (non-hydrogen) atoms. The molecule has 0 aliphatic carbocycles. The number of hydrogen-bond acceptors (Lipinski definition) is 7. The highest BCUT2D eigenvalue weighted by Gasteiger charge is 2.24. The Morgan fingerprint density at radius 2 is 1.91 bits per heavy atom. The van der Waals surface area contributed by atoms with Gasteiger partial charge in [-0.05, 0) is 49.0 Å². The number of nitrogens with zero attached hydrogens (tertiary/aromatic N) is 4. The molecule has 0 amide bonds. The molecule has 2 aliphatic heterocycles. The summed E-state index contributed by atoms with van der Waals surface area (Å²) in [6.45, 7) is 5.99. The lowest BCUT2D eigenvalue weighted by Gasteiger charge is -2.36. The van der Waals surface area contributed by atoms with Crippen LogP contribution in [0.2, 0.25) is 5.02 Å². The molecule has 4 heterocycles. The molecule has 6 rings (SSSR count). The number of piperazine rings is 1. The maximum Gasteiger partial charge on any atom is 0.275 e. The summed E-state index contributed by atoms with van der Waals surface area (Å²) in [6, 6.07) is 15.4. The predicted molar refractivity (Wildman–Crippen MR) is 143 cm³/mol. The van der Waals surface area contributed by atoms with E-state index in [1.54, 1.807) is 10.9 Å². The first-order valence-electron chi connectivity index (χ1n) is 11.8. The fraction of sp³-hybridized carbons (Fsp3) is 0.308. The van der Waals surface area contributed by atoms with Gasteiger partial charge in [0.1, 0.15) is 22.9 Å². The highest BCUT2D eigenvalue weighted by atomic mass is 35.5. The van der Waals surface area contributed by atoms with E-state index in [1.807, 2.05) is 48.5 Å². The van der Waals surface area contributed by atoms with E-state index in [0.29, 0.717) is 15.2 Å². The molecular formula is C26H26ClN5O2S. The molecule has 4 aromatic rings. The van der Waals surface area contributed by atoms with Gasteiger partial charge in [0.05, 0.1) is 23.4 Å². The maximum atomic E-state index is 13.3. The van der Waals surface area contributed by atoms with Gasteiger partial charge >= 0.3 is 0 Å². The van der Waals surface area contributed by atoms with E-state index < -0.39 is 0 Å². The Morgan fingerprint density at radius 1 is 1.11 bits per heavy atom. The molecule has 9 heteroatoms. The molecule has 0 saturated carbocycles. The summed E-state index contributed by atoms with van der Waals surface area (Å²) in [5.74, 6) is 0.822. The van der Waals surface area contributed by atoms with Gasteiger partial charge in [-0.25, -0.2) is 4.98 Å². The van der Waals surface area contributed by atoms with Gasteiger partial charge in [0.2, 0.25) is 0 Å². The van der Waals surface area contributed by atoms with E-state index in [2.05, 4.69) is 27.1 Å². The summed E-state index contributed by atoms with van der Waals surface area (Å²) in [7, 11) is 2.17. The van der Waals surface area contributed by atoms with Gasteiger partial charge in [-0.1, -0.05) is 23.7 Å². The topological polar surface area (TPSA) is 62.6 Å². The van der Waals surface area contributed by atoms with Crippen LogP contribution in [0.25, 0.3) is 26.3 Å². The number of hydrogen-bond donors (Lipinski definition) is 1. The lowest BCUT2D eigenvalue weighted by molar-refractivity contribution is 0.0960. The van der Waals surface area contributed by atoms with Crippen molar-refractivity contribution in [1.29, 1.82) is 0 Å². The Kier molecular flexibility index (Phi) is 5.98. The zero-order chi connectivity index (χ0) is 23.9. The first-order chi connectivity index (χ1) is 17.0. The standard InChI is InChI=1S/C26H26ClN5O2S/c1-30-8-10-31(11-9-30)15-20-14-28-21-12-19(6-7-23(21)34-20)32-16-29-22-13-24(35-25(22)26(32)33)17-2-4-18(27)5-3-17/h2-7,12-13,16,20,28H,8-11,14-15H2,1H3. The monoisotopic (exact) mass is 507 g/mol. The van der Waals surface area contributed by atoms with Crippen molar-refractivity contribution in [3.63, 3.8) is 0 Å². The van der Waals surface area contributed by atoms with Crippen molar-refractivity contribution < 1.29 is 4.74 Å². The molecule has 180 valence electrons. The van der Waals surface area contributed by atoms with Crippen LogP contribution >= 0.6 is 22.9 Å². The van der Waals surface area contributed by atoms with E-state index in [-0.39, 0.29) is 11.7 Å². The van der Waals surface area contributed by atoms with Gasteiger partial charge in [0.25, 0.3) is 5.56 Å². The molecule has 1 fully saturated rings. The summed E-state index contributed by atoms with van der Waals surface area (Å²) in [6.07, 6.45) is 1.71. The first kappa shape index (κ1) is 22.5. The molecule has 1 unspecified atom stereocenters. The fourth-order valence-corrected chi connectivity index (χ4v) is 5.80. The zero-order valence-electron chi connectivity index (χ0n) is 19.4. The SMILES string of the molecule is CN1CCN(CC2CNc3cc(-n4cnc5cc(-c6ccc(Cl)cc6)sc5c4=O)ccc3O2)CC1. The summed E-state index contributed by atoms with van der Waals surface area (Å²) in [4.78, 5) is 23.7.